The van der Waals surface area contributed by atoms with Gasteiger partial charge in [0, 0.05) is 18.5 Å². The van der Waals surface area contributed by atoms with E-state index in [-0.39, 0.29) is 11.9 Å². The zero-order valence-electron chi connectivity index (χ0n) is 13.9. The van der Waals surface area contributed by atoms with Gasteiger partial charge in [0.05, 0.1) is 29.0 Å². The highest BCUT2D eigenvalue weighted by Crippen LogP contribution is 2.28. The molecule has 0 saturated heterocycles. The molecule has 0 spiro atoms. The second-order valence-corrected chi connectivity index (χ2v) is 6.64. The molecule has 1 N–H and O–H groups in total. The quantitative estimate of drug-likeness (QED) is 0.765. The molecular weight excluding hydrogens is 340 g/mol. The lowest BCUT2D eigenvalue weighted by Crippen LogP contribution is -2.43. The molecule has 3 heterocycles. The maximum atomic E-state index is 13.0. The summed E-state index contributed by atoms with van der Waals surface area (Å²) in [6.07, 6.45) is 2.34. The average Bonchev–Trinajstić information content (AvgIpc) is 3.25. The third-order valence-corrected chi connectivity index (χ3v) is 5.08. The van der Waals surface area contributed by atoms with E-state index in [1.807, 2.05) is 32.0 Å². The third-order valence-electron chi connectivity index (χ3n) is 4.58. The smallest absolute Gasteiger partial charge is 0.255 e. The number of nitrogens with zero attached hydrogens (tertiary/aromatic N) is 5. The van der Waals surface area contributed by atoms with E-state index in [2.05, 4.69) is 20.5 Å². The molecule has 0 radical (unpaired) electrons. The lowest BCUT2D eigenvalue weighted by molar-refractivity contribution is 0.0653. The molecule has 1 atom stereocenters. The van der Waals surface area contributed by atoms with E-state index in [4.69, 9.17) is 11.6 Å². The number of amides is 1. The number of carbonyl (C=O) groups excluding carboxylic acids is 1. The Kier molecular flexibility index (Phi) is 3.80. The lowest BCUT2D eigenvalue weighted by atomic mass is 10.0. The number of rotatable bonds is 2. The molecule has 7 nitrogen and oxygen atoms in total. The van der Waals surface area contributed by atoms with Crippen LogP contribution in [0.25, 0.3) is 5.82 Å². The van der Waals surface area contributed by atoms with Gasteiger partial charge < -0.3 is 4.90 Å². The minimum absolute atomic E-state index is 0.0109. The number of benzene rings is 1. The Bertz CT molecular complexity index is 933. The van der Waals surface area contributed by atoms with E-state index in [1.54, 1.807) is 21.8 Å². The number of hydrogen-bond donors (Lipinski definition) is 1. The molecule has 0 bridgehead atoms. The van der Waals surface area contributed by atoms with Crippen LogP contribution in [0.2, 0.25) is 5.02 Å². The Balaban J connectivity index is 1.66. The van der Waals surface area contributed by atoms with Crippen molar-refractivity contribution in [2.24, 2.45) is 0 Å². The van der Waals surface area contributed by atoms with E-state index < -0.39 is 0 Å². The van der Waals surface area contributed by atoms with E-state index >= 15 is 0 Å². The van der Waals surface area contributed by atoms with Crippen LogP contribution in [-0.4, -0.2) is 42.0 Å². The van der Waals surface area contributed by atoms with Crippen molar-refractivity contribution in [2.45, 2.75) is 32.9 Å². The van der Waals surface area contributed by atoms with Crippen LogP contribution in [0, 0.1) is 6.92 Å². The molecule has 0 saturated carbocycles. The number of fused-ring (bicyclic) bond motifs is 1. The SMILES string of the molecule is Cc1cccc(C(=O)N2Cc3nnn(-c4ccn[nH]4)c3C[C@@H]2C)c1Cl. The molecule has 8 heteroatoms. The van der Waals surface area contributed by atoms with Crippen molar-refractivity contribution >= 4 is 17.5 Å². The van der Waals surface area contributed by atoms with Crippen LogP contribution < -0.4 is 0 Å². The first kappa shape index (κ1) is 15.8. The fraction of sp³-hybridized carbons (Fsp3) is 0.294. The number of aryl methyl sites for hydroxylation is 1. The lowest BCUT2D eigenvalue weighted by Gasteiger charge is -2.33. The van der Waals surface area contributed by atoms with Crippen LogP contribution >= 0.6 is 11.6 Å². The molecule has 4 rings (SSSR count). The number of aromatic nitrogens is 5. The minimum Gasteiger partial charge on any atom is -0.329 e. The molecule has 1 aromatic carbocycles. The summed E-state index contributed by atoms with van der Waals surface area (Å²) in [5.74, 6) is 0.686. The standard InChI is InChI=1S/C17H17ClN6O/c1-10-4-3-5-12(16(10)18)17(25)23-9-13-14(8-11(23)2)24(22-20-13)15-6-7-19-21-15/h3-7,11H,8-9H2,1-2H3,(H,19,21)/t11-/m0/s1. The van der Waals surface area contributed by atoms with Crippen molar-refractivity contribution in [2.75, 3.05) is 0 Å². The van der Waals surface area contributed by atoms with Gasteiger partial charge in [-0.2, -0.15) is 9.78 Å². The molecule has 0 unspecified atom stereocenters. The summed E-state index contributed by atoms with van der Waals surface area (Å²) in [7, 11) is 0. The Labute approximate surface area is 149 Å². The molecule has 2 aromatic heterocycles. The summed E-state index contributed by atoms with van der Waals surface area (Å²) in [5, 5.41) is 15.8. The topological polar surface area (TPSA) is 79.7 Å². The largest absolute Gasteiger partial charge is 0.329 e. The van der Waals surface area contributed by atoms with Gasteiger partial charge in [0.1, 0.15) is 5.69 Å². The second kappa shape index (κ2) is 6.00. The summed E-state index contributed by atoms with van der Waals surface area (Å²) < 4.78 is 1.75. The van der Waals surface area contributed by atoms with E-state index in [0.29, 0.717) is 23.6 Å². The highest BCUT2D eigenvalue weighted by molar-refractivity contribution is 6.34. The summed E-state index contributed by atoms with van der Waals surface area (Å²) in [5.41, 5.74) is 3.21. The van der Waals surface area contributed by atoms with Crippen molar-refractivity contribution in [3.05, 3.63) is 58.0 Å². The summed E-state index contributed by atoms with van der Waals surface area (Å²) >= 11 is 6.34. The van der Waals surface area contributed by atoms with Crippen LogP contribution in [0.15, 0.2) is 30.5 Å². The highest BCUT2D eigenvalue weighted by atomic mass is 35.5. The van der Waals surface area contributed by atoms with Crippen LogP contribution in [-0.2, 0) is 13.0 Å². The van der Waals surface area contributed by atoms with Gasteiger partial charge >= 0.3 is 0 Å². The summed E-state index contributed by atoms with van der Waals surface area (Å²) in [4.78, 5) is 14.8. The van der Waals surface area contributed by atoms with Crippen molar-refractivity contribution in [1.82, 2.24) is 30.1 Å². The summed E-state index contributed by atoms with van der Waals surface area (Å²) in [6.45, 7) is 4.33. The van der Waals surface area contributed by atoms with Gasteiger partial charge in [0.15, 0.2) is 5.82 Å². The first-order valence-electron chi connectivity index (χ1n) is 8.05. The van der Waals surface area contributed by atoms with Crippen molar-refractivity contribution < 1.29 is 4.79 Å². The fourth-order valence-electron chi connectivity index (χ4n) is 3.17. The van der Waals surface area contributed by atoms with Gasteiger partial charge in [-0.3, -0.25) is 9.89 Å². The van der Waals surface area contributed by atoms with Crippen molar-refractivity contribution in [3.63, 3.8) is 0 Å². The molecule has 25 heavy (non-hydrogen) atoms. The predicted octanol–water partition coefficient (Wildman–Crippen LogP) is 2.54. The Morgan fingerprint density at radius 3 is 2.96 bits per heavy atom. The Morgan fingerprint density at radius 1 is 1.36 bits per heavy atom. The number of carbonyl (C=O) groups is 1. The number of nitrogens with one attached hydrogen (secondary N) is 1. The van der Waals surface area contributed by atoms with E-state index in [1.165, 1.54) is 0 Å². The normalized spacial score (nSPS) is 16.8. The molecule has 1 aliphatic rings. The molecular formula is C17H17ClN6O. The molecule has 1 amide bonds. The van der Waals surface area contributed by atoms with Gasteiger partial charge in [-0.05, 0) is 25.5 Å². The van der Waals surface area contributed by atoms with Gasteiger partial charge in [0.2, 0.25) is 0 Å². The number of hydrogen-bond acceptors (Lipinski definition) is 4. The maximum absolute atomic E-state index is 13.0. The third kappa shape index (κ3) is 2.60. The van der Waals surface area contributed by atoms with Crippen molar-refractivity contribution in [3.8, 4) is 5.82 Å². The second-order valence-electron chi connectivity index (χ2n) is 6.26. The van der Waals surface area contributed by atoms with E-state index in [9.17, 15) is 4.79 Å². The van der Waals surface area contributed by atoms with Crippen LogP contribution in [0.4, 0.5) is 0 Å². The van der Waals surface area contributed by atoms with Gasteiger partial charge in [-0.15, -0.1) is 5.10 Å². The van der Waals surface area contributed by atoms with Gasteiger partial charge in [-0.1, -0.05) is 28.9 Å². The fourth-order valence-corrected chi connectivity index (χ4v) is 3.37. The van der Waals surface area contributed by atoms with Gasteiger partial charge in [0.25, 0.3) is 5.91 Å². The predicted molar refractivity (Wildman–Crippen MR) is 92.7 cm³/mol. The number of aromatic amines is 1. The molecule has 0 fully saturated rings. The Morgan fingerprint density at radius 2 is 2.20 bits per heavy atom. The average molecular weight is 357 g/mol. The zero-order chi connectivity index (χ0) is 17.6. The molecule has 128 valence electrons. The molecule has 3 aromatic rings. The monoisotopic (exact) mass is 356 g/mol. The van der Waals surface area contributed by atoms with Gasteiger partial charge in [-0.25, -0.2) is 0 Å². The summed E-state index contributed by atoms with van der Waals surface area (Å²) in [6, 6.07) is 7.36. The maximum Gasteiger partial charge on any atom is 0.255 e. The van der Waals surface area contributed by atoms with Crippen LogP contribution in [0.3, 0.4) is 0 Å². The molecule has 1 aliphatic heterocycles. The first-order valence-corrected chi connectivity index (χ1v) is 8.43. The highest BCUT2D eigenvalue weighted by Gasteiger charge is 2.32. The zero-order valence-corrected chi connectivity index (χ0v) is 14.7. The molecule has 0 aliphatic carbocycles. The number of halogens is 1. The Hall–Kier alpha value is -2.67. The number of H-pyrrole nitrogens is 1. The van der Waals surface area contributed by atoms with Crippen molar-refractivity contribution in [1.29, 1.82) is 0 Å². The van der Waals surface area contributed by atoms with Crippen LogP contribution in [0.1, 0.15) is 34.2 Å². The first-order chi connectivity index (χ1) is 12.1. The van der Waals surface area contributed by atoms with E-state index in [0.717, 1.165) is 22.8 Å². The van der Waals surface area contributed by atoms with Crippen LogP contribution in [0.5, 0.6) is 0 Å². The minimum atomic E-state index is -0.0806.